The monoisotopic (exact) mass is 399 g/mol. The van der Waals surface area contributed by atoms with Gasteiger partial charge in [-0.15, -0.1) is 0 Å². The molecular formula is C17H13Cl4N3. The number of rotatable bonds is 4. The average molecular weight is 401 g/mol. The van der Waals surface area contributed by atoms with E-state index in [0.29, 0.717) is 33.2 Å². The lowest BCUT2D eigenvalue weighted by Crippen LogP contribution is -2.09. The van der Waals surface area contributed by atoms with E-state index in [0.717, 1.165) is 22.5 Å². The molecule has 0 radical (unpaired) electrons. The Bertz CT molecular complexity index is 890. The summed E-state index contributed by atoms with van der Waals surface area (Å²) < 4.78 is 1.94. The number of nitrogens with zero attached hydrogens (tertiary/aromatic N) is 2. The number of imidazole rings is 1. The van der Waals surface area contributed by atoms with Gasteiger partial charge in [0.25, 0.3) is 0 Å². The third-order valence-corrected chi connectivity index (χ3v) is 5.10. The van der Waals surface area contributed by atoms with Crippen LogP contribution >= 0.6 is 46.4 Å². The fourth-order valence-electron chi connectivity index (χ4n) is 2.52. The van der Waals surface area contributed by atoms with Gasteiger partial charge in [0.05, 0.1) is 39.3 Å². The second kappa shape index (κ2) is 7.34. The van der Waals surface area contributed by atoms with E-state index >= 15 is 0 Å². The van der Waals surface area contributed by atoms with Crippen LogP contribution in [0.2, 0.25) is 20.1 Å². The Kier molecular flexibility index (Phi) is 5.38. The molecule has 24 heavy (non-hydrogen) atoms. The molecule has 1 heterocycles. The first-order valence-electron chi connectivity index (χ1n) is 7.13. The summed E-state index contributed by atoms with van der Waals surface area (Å²) in [6.07, 6.45) is 1.72. The zero-order chi connectivity index (χ0) is 17.3. The predicted molar refractivity (Wildman–Crippen MR) is 101 cm³/mol. The van der Waals surface area contributed by atoms with Gasteiger partial charge in [-0.3, -0.25) is 0 Å². The van der Waals surface area contributed by atoms with Crippen LogP contribution in [-0.4, -0.2) is 9.55 Å². The number of nitrogens with two attached hydrogens (primary N) is 1. The molecule has 0 bridgehead atoms. The van der Waals surface area contributed by atoms with Gasteiger partial charge >= 0.3 is 0 Å². The Morgan fingerprint density at radius 2 is 1.79 bits per heavy atom. The van der Waals surface area contributed by atoms with Crippen molar-refractivity contribution in [3.05, 3.63) is 74.1 Å². The molecule has 0 fully saturated rings. The zero-order valence-electron chi connectivity index (χ0n) is 12.4. The highest BCUT2D eigenvalue weighted by Gasteiger charge is 2.16. The van der Waals surface area contributed by atoms with Gasteiger partial charge in [0.2, 0.25) is 0 Å². The Morgan fingerprint density at radius 3 is 2.50 bits per heavy atom. The van der Waals surface area contributed by atoms with E-state index in [2.05, 4.69) is 4.98 Å². The molecule has 0 atom stereocenters. The Balaban J connectivity index is 2.02. The van der Waals surface area contributed by atoms with Crippen LogP contribution in [0.3, 0.4) is 0 Å². The predicted octanol–water partition coefficient (Wildman–Crippen LogP) is 5.67. The van der Waals surface area contributed by atoms with Crippen molar-refractivity contribution in [1.29, 1.82) is 0 Å². The minimum Gasteiger partial charge on any atom is -0.328 e. The number of benzene rings is 2. The summed E-state index contributed by atoms with van der Waals surface area (Å²) in [7, 11) is 0. The van der Waals surface area contributed by atoms with Crippen molar-refractivity contribution in [1.82, 2.24) is 9.55 Å². The van der Waals surface area contributed by atoms with Crippen molar-refractivity contribution in [3.63, 3.8) is 0 Å². The van der Waals surface area contributed by atoms with Gasteiger partial charge in [-0.05, 0) is 29.8 Å². The summed E-state index contributed by atoms with van der Waals surface area (Å²) in [4.78, 5) is 4.48. The van der Waals surface area contributed by atoms with E-state index in [1.54, 1.807) is 24.5 Å². The summed E-state index contributed by atoms with van der Waals surface area (Å²) >= 11 is 24.6. The number of aromatic nitrogens is 2. The van der Waals surface area contributed by atoms with Gasteiger partial charge in [0, 0.05) is 17.1 Å². The summed E-state index contributed by atoms with van der Waals surface area (Å²) in [6.45, 7) is 0.830. The van der Waals surface area contributed by atoms with Gasteiger partial charge < -0.3 is 10.3 Å². The highest BCUT2D eigenvalue weighted by Crippen LogP contribution is 2.32. The Hall–Kier alpha value is -1.23. The number of halogens is 4. The van der Waals surface area contributed by atoms with E-state index in [1.165, 1.54) is 0 Å². The minimum absolute atomic E-state index is 0.312. The van der Waals surface area contributed by atoms with Crippen LogP contribution in [0, 0.1) is 0 Å². The van der Waals surface area contributed by atoms with Crippen molar-refractivity contribution in [2.75, 3.05) is 0 Å². The SMILES string of the molecule is NCc1c(-c2ccc(Cl)cc2Cl)ncn1Cc1cccc(Cl)c1Cl. The van der Waals surface area contributed by atoms with Crippen LogP contribution in [0.15, 0.2) is 42.7 Å². The fraction of sp³-hybridized carbons (Fsp3) is 0.118. The van der Waals surface area contributed by atoms with Crippen LogP contribution in [0.5, 0.6) is 0 Å². The molecule has 0 saturated carbocycles. The fourth-order valence-corrected chi connectivity index (χ4v) is 3.40. The van der Waals surface area contributed by atoms with E-state index in [1.807, 2.05) is 22.8 Å². The molecule has 3 aromatic rings. The third-order valence-electron chi connectivity index (χ3n) is 3.70. The number of hydrogen-bond donors (Lipinski definition) is 1. The first-order chi connectivity index (χ1) is 11.5. The second-order valence-electron chi connectivity index (χ2n) is 5.21. The van der Waals surface area contributed by atoms with Crippen molar-refractivity contribution >= 4 is 46.4 Å². The molecule has 0 aliphatic rings. The molecule has 0 aliphatic heterocycles. The van der Waals surface area contributed by atoms with Crippen LogP contribution in [0.4, 0.5) is 0 Å². The van der Waals surface area contributed by atoms with Crippen molar-refractivity contribution in [2.45, 2.75) is 13.1 Å². The summed E-state index contributed by atoms with van der Waals surface area (Å²) in [5.41, 5.74) is 9.22. The quantitative estimate of drug-likeness (QED) is 0.612. The summed E-state index contributed by atoms with van der Waals surface area (Å²) in [6, 6.07) is 10.8. The first kappa shape index (κ1) is 17.6. The summed E-state index contributed by atoms with van der Waals surface area (Å²) in [5, 5.41) is 2.15. The molecule has 3 rings (SSSR count). The molecule has 124 valence electrons. The maximum Gasteiger partial charge on any atom is 0.0959 e. The first-order valence-corrected chi connectivity index (χ1v) is 8.65. The highest BCUT2D eigenvalue weighted by atomic mass is 35.5. The van der Waals surface area contributed by atoms with E-state index in [4.69, 9.17) is 52.1 Å². The van der Waals surface area contributed by atoms with Gasteiger partial charge in [-0.1, -0.05) is 58.5 Å². The molecule has 7 heteroatoms. The maximum atomic E-state index is 6.30. The normalized spacial score (nSPS) is 11.0. The molecule has 0 saturated heterocycles. The molecular weight excluding hydrogens is 388 g/mol. The largest absolute Gasteiger partial charge is 0.328 e. The molecule has 2 N–H and O–H groups in total. The van der Waals surface area contributed by atoms with Gasteiger partial charge in [-0.2, -0.15) is 0 Å². The van der Waals surface area contributed by atoms with Crippen LogP contribution < -0.4 is 5.73 Å². The molecule has 0 aliphatic carbocycles. The van der Waals surface area contributed by atoms with Gasteiger partial charge in [0.1, 0.15) is 0 Å². The molecule has 3 nitrogen and oxygen atoms in total. The third kappa shape index (κ3) is 3.41. The lowest BCUT2D eigenvalue weighted by Gasteiger charge is -2.11. The number of hydrogen-bond acceptors (Lipinski definition) is 2. The summed E-state index contributed by atoms with van der Waals surface area (Å²) in [5.74, 6) is 0. The van der Waals surface area contributed by atoms with E-state index in [-0.39, 0.29) is 0 Å². The molecule has 0 amide bonds. The van der Waals surface area contributed by atoms with E-state index in [9.17, 15) is 0 Å². The van der Waals surface area contributed by atoms with Crippen LogP contribution in [0.25, 0.3) is 11.3 Å². The minimum atomic E-state index is 0.312. The second-order valence-corrected chi connectivity index (χ2v) is 6.84. The smallest absolute Gasteiger partial charge is 0.0959 e. The maximum absolute atomic E-state index is 6.30. The molecule has 2 aromatic carbocycles. The van der Waals surface area contributed by atoms with Gasteiger partial charge in [0.15, 0.2) is 0 Å². The highest BCUT2D eigenvalue weighted by molar-refractivity contribution is 6.42. The molecule has 1 aromatic heterocycles. The van der Waals surface area contributed by atoms with Crippen molar-refractivity contribution in [3.8, 4) is 11.3 Å². The van der Waals surface area contributed by atoms with Crippen LogP contribution in [-0.2, 0) is 13.1 Å². The Morgan fingerprint density at radius 1 is 1.00 bits per heavy atom. The lowest BCUT2D eigenvalue weighted by atomic mass is 10.1. The molecule has 0 spiro atoms. The van der Waals surface area contributed by atoms with Crippen molar-refractivity contribution < 1.29 is 0 Å². The average Bonchev–Trinajstić information content (AvgIpc) is 2.94. The van der Waals surface area contributed by atoms with E-state index < -0.39 is 0 Å². The Labute approximate surface area is 159 Å². The van der Waals surface area contributed by atoms with Gasteiger partial charge in [-0.25, -0.2) is 4.98 Å². The zero-order valence-corrected chi connectivity index (χ0v) is 15.5. The van der Waals surface area contributed by atoms with Crippen molar-refractivity contribution in [2.24, 2.45) is 5.73 Å². The van der Waals surface area contributed by atoms with Crippen LogP contribution in [0.1, 0.15) is 11.3 Å². The molecule has 0 unspecified atom stereocenters. The lowest BCUT2D eigenvalue weighted by molar-refractivity contribution is 0.741. The topological polar surface area (TPSA) is 43.8 Å². The standard InChI is InChI=1S/C17H13Cl4N3/c18-11-4-5-12(14(20)6-11)17-15(7-22)24(9-23-17)8-10-2-1-3-13(19)16(10)21/h1-6,9H,7-8,22H2.